The zero-order chi connectivity index (χ0) is 20.7. The Morgan fingerprint density at radius 1 is 1.18 bits per heavy atom. The number of aromatic nitrogens is 2. The molecule has 1 N–H and O–H groups in total. The Labute approximate surface area is 167 Å². The first kappa shape index (κ1) is 20.2. The highest BCUT2D eigenvalue weighted by molar-refractivity contribution is 5.94. The van der Waals surface area contributed by atoms with Crippen molar-refractivity contribution in [2.24, 2.45) is 10.8 Å². The number of furan rings is 1. The smallest absolute Gasteiger partial charge is 0.226 e. The molecule has 28 heavy (non-hydrogen) atoms. The van der Waals surface area contributed by atoms with Crippen LogP contribution in [0.2, 0.25) is 0 Å². The molecule has 3 aromatic heterocycles. The molecule has 0 aromatic carbocycles. The molecule has 0 spiro atoms. The molecule has 5 heteroatoms. The van der Waals surface area contributed by atoms with Crippen LogP contribution in [0.3, 0.4) is 0 Å². The van der Waals surface area contributed by atoms with Gasteiger partial charge in [0, 0.05) is 12.1 Å². The summed E-state index contributed by atoms with van der Waals surface area (Å²) in [6.07, 6.45) is 3.03. The minimum absolute atomic E-state index is 0.0103. The average Bonchev–Trinajstić information content (AvgIpc) is 3.11. The number of anilines is 1. The summed E-state index contributed by atoms with van der Waals surface area (Å²) in [6, 6.07) is 7.79. The number of hydrogen-bond donors (Lipinski definition) is 1. The SMILES string of the molecule is Cc1cc(C)n2c(NC(=O)CC(C)(C)CC(C)(C)C)c(-c3ccco3)nc2c1. The van der Waals surface area contributed by atoms with Crippen molar-refractivity contribution in [1.29, 1.82) is 0 Å². The van der Waals surface area contributed by atoms with Crippen molar-refractivity contribution in [3.05, 3.63) is 41.8 Å². The van der Waals surface area contributed by atoms with E-state index in [0.717, 1.165) is 23.3 Å². The fourth-order valence-electron chi connectivity index (χ4n) is 4.34. The second-order valence-corrected chi connectivity index (χ2v) is 9.78. The van der Waals surface area contributed by atoms with Gasteiger partial charge in [-0.3, -0.25) is 9.20 Å². The number of carbonyl (C=O) groups excluding carboxylic acids is 1. The van der Waals surface area contributed by atoms with E-state index < -0.39 is 0 Å². The normalized spacial score (nSPS) is 12.5. The highest BCUT2D eigenvalue weighted by Gasteiger charge is 2.29. The topological polar surface area (TPSA) is 59.5 Å². The molecule has 3 rings (SSSR count). The number of aryl methyl sites for hydroxylation is 2. The fraction of sp³-hybridized carbons (Fsp3) is 0.478. The molecule has 0 radical (unpaired) electrons. The molecular formula is C23H31N3O2. The molecule has 0 unspecified atom stereocenters. The Kier molecular flexibility index (Phi) is 5.13. The van der Waals surface area contributed by atoms with Gasteiger partial charge in [0.05, 0.1) is 6.26 Å². The summed E-state index contributed by atoms with van der Waals surface area (Å²) in [6.45, 7) is 15.0. The van der Waals surface area contributed by atoms with E-state index in [4.69, 9.17) is 9.40 Å². The summed E-state index contributed by atoms with van der Waals surface area (Å²) in [5, 5.41) is 3.13. The maximum atomic E-state index is 13.0. The molecule has 1 amide bonds. The predicted molar refractivity (Wildman–Crippen MR) is 113 cm³/mol. The lowest BCUT2D eigenvalue weighted by Gasteiger charge is -2.31. The Hall–Kier alpha value is -2.56. The number of nitrogens with one attached hydrogen (secondary N) is 1. The van der Waals surface area contributed by atoms with Crippen LogP contribution in [0, 0.1) is 24.7 Å². The van der Waals surface area contributed by atoms with Gasteiger partial charge in [0.2, 0.25) is 5.91 Å². The molecular weight excluding hydrogens is 350 g/mol. The molecule has 0 bridgehead atoms. The van der Waals surface area contributed by atoms with E-state index in [0.29, 0.717) is 23.7 Å². The molecule has 3 aromatic rings. The summed E-state index contributed by atoms with van der Waals surface area (Å²) in [7, 11) is 0. The van der Waals surface area contributed by atoms with E-state index >= 15 is 0 Å². The third-order valence-electron chi connectivity index (χ3n) is 4.71. The highest BCUT2D eigenvalue weighted by atomic mass is 16.3. The first-order chi connectivity index (χ1) is 13.0. The summed E-state index contributed by atoms with van der Waals surface area (Å²) in [4.78, 5) is 17.7. The van der Waals surface area contributed by atoms with Crippen LogP contribution in [-0.2, 0) is 4.79 Å². The van der Waals surface area contributed by atoms with Crippen molar-refractivity contribution in [3.63, 3.8) is 0 Å². The minimum atomic E-state index is -0.0979. The highest BCUT2D eigenvalue weighted by Crippen LogP contribution is 2.37. The predicted octanol–water partition coefficient (Wildman–Crippen LogP) is 6.00. The largest absolute Gasteiger partial charge is 0.463 e. The minimum Gasteiger partial charge on any atom is -0.463 e. The van der Waals surface area contributed by atoms with Gasteiger partial charge in [0.15, 0.2) is 5.76 Å². The van der Waals surface area contributed by atoms with Crippen molar-refractivity contribution in [3.8, 4) is 11.5 Å². The number of imidazole rings is 1. The summed E-state index contributed by atoms with van der Waals surface area (Å²) >= 11 is 0. The van der Waals surface area contributed by atoms with Gasteiger partial charge >= 0.3 is 0 Å². The molecule has 5 nitrogen and oxygen atoms in total. The lowest BCUT2D eigenvalue weighted by molar-refractivity contribution is -0.118. The molecule has 3 heterocycles. The standard InChI is InChI=1S/C23H31N3O2/c1-15-11-16(2)26-18(12-15)24-20(17-9-8-10-28-17)21(26)25-19(27)13-23(6,7)14-22(3,4)5/h8-12H,13-14H2,1-7H3,(H,25,27). The fourth-order valence-corrected chi connectivity index (χ4v) is 4.34. The number of amides is 1. The number of rotatable bonds is 5. The molecule has 0 saturated heterocycles. The van der Waals surface area contributed by atoms with Crippen molar-refractivity contribution < 1.29 is 9.21 Å². The summed E-state index contributed by atoms with van der Waals surface area (Å²) in [5.41, 5.74) is 3.67. The lowest BCUT2D eigenvalue weighted by Crippen LogP contribution is -2.27. The van der Waals surface area contributed by atoms with Gasteiger partial charge in [-0.15, -0.1) is 0 Å². The third-order valence-corrected chi connectivity index (χ3v) is 4.71. The van der Waals surface area contributed by atoms with Gasteiger partial charge < -0.3 is 9.73 Å². The van der Waals surface area contributed by atoms with E-state index in [1.807, 2.05) is 36.4 Å². The van der Waals surface area contributed by atoms with Crippen molar-refractivity contribution in [2.75, 3.05) is 5.32 Å². The third kappa shape index (κ3) is 4.46. The van der Waals surface area contributed by atoms with E-state index in [1.54, 1.807) is 6.26 Å². The van der Waals surface area contributed by atoms with Gasteiger partial charge in [0.25, 0.3) is 0 Å². The van der Waals surface area contributed by atoms with E-state index in [1.165, 1.54) is 0 Å². The summed E-state index contributed by atoms with van der Waals surface area (Å²) in [5.74, 6) is 1.30. The first-order valence-electron chi connectivity index (χ1n) is 9.79. The molecule has 0 fully saturated rings. The average molecular weight is 382 g/mol. The van der Waals surface area contributed by atoms with Crippen LogP contribution < -0.4 is 5.32 Å². The zero-order valence-corrected chi connectivity index (χ0v) is 18.0. The molecule has 0 atom stereocenters. The van der Waals surface area contributed by atoms with Crippen LogP contribution in [0.4, 0.5) is 5.82 Å². The maximum Gasteiger partial charge on any atom is 0.226 e. The van der Waals surface area contributed by atoms with Crippen molar-refractivity contribution >= 4 is 17.4 Å². The van der Waals surface area contributed by atoms with E-state index in [-0.39, 0.29) is 16.7 Å². The van der Waals surface area contributed by atoms with Crippen molar-refractivity contribution in [2.45, 2.75) is 61.3 Å². The van der Waals surface area contributed by atoms with Crippen LogP contribution >= 0.6 is 0 Å². The molecule has 0 aliphatic heterocycles. The Morgan fingerprint density at radius 3 is 2.50 bits per heavy atom. The van der Waals surface area contributed by atoms with Crippen LogP contribution in [0.15, 0.2) is 34.9 Å². The lowest BCUT2D eigenvalue weighted by atomic mass is 9.74. The van der Waals surface area contributed by atoms with Gasteiger partial charge in [-0.25, -0.2) is 4.98 Å². The second kappa shape index (κ2) is 7.12. The second-order valence-electron chi connectivity index (χ2n) is 9.78. The molecule has 0 aliphatic rings. The zero-order valence-electron chi connectivity index (χ0n) is 18.0. The molecule has 0 saturated carbocycles. The molecule has 0 aliphatic carbocycles. The van der Waals surface area contributed by atoms with Gasteiger partial charge in [0.1, 0.15) is 17.2 Å². The quantitative estimate of drug-likeness (QED) is 0.589. The van der Waals surface area contributed by atoms with E-state index in [9.17, 15) is 4.79 Å². The van der Waals surface area contributed by atoms with Gasteiger partial charge in [-0.05, 0) is 60.9 Å². The number of fused-ring (bicyclic) bond motifs is 1. The number of carbonyl (C=O) groups is 1. The summed E-state index contributed by atoms with van der Waals surface area (Å²) < 4.78 is 7.57. The maximum absolute atomic E-state index is 13.0. The van der Waals surface area contributed by atoms with Crippen LogP contribution in [0.5, 0.6) is 0 Å². The number of nitrogens with zero attached hydrogens (tertiary/aromatic N) is 2. The number of pyridine rings is 1. The molecule has 150 valence electrons. The van der Waals surface area contributed by atoms with Crippen LogP contribution in [0.1, 0.15) is 58.7 Å². The Morgan fingerprint density at radius 2 is 1.89 bits per heavy atom. The van der Waals surface area contributed by atoms with Gasteiger partial charge in [-0.2, -0.15) is 0 Å². The Bertz CT molecular complexity index is 989. The monoisotopic (exact) mass is 381 g/mol. The van der Waals surface area contributed by atoms with Crippen LogP contribution in [0.25, 0.3) is 17.1 Å². The number of hydrogen-bond acceptors (Lipinski definition) is 3. The van der Waals surface area contributed by atoms with E-state index in [2.05, 4.69) is 46.0 Å². The van der Waals surface area contributed by atoms with Crippen molar-refractivity contribution in [1.82, 2.24) is 9.38 Å². The van der Waals surface area contributed by atoms with Crippen LogP contribution in [-0.4, -0.2) is 15.3 Å². The first-order valence-corrected chi connectivity index (χ1v) is 9.79. The Balaban J connectivity index is 1.98. The van der Waals surface area contributed by atoms with Gasteiger partial charge in [-0.1, -0.05) is 34.6 Å².